The van der Waals surface area contributed by atoms with Crippen LogP contribution in [0.2, 0.25) is 0 Å². The van der Waals surface area contributed by atoms with E-state index < -0.39 is 5.97 Å². The van der Waals surface area contributed by atoms with Crippen molar-refractivity contribution >= 4 is 18.2 Å². The Bertz CT molecular complexity index is 372. The van der Waals surface area contributed by atoms with E-state index in [0.717, 1.165) is 4.73 Å². The third kappa shape index (κ3) is 5.10. The Labute approximate surface area is 86.7 Å². The van der Waals surface area contributed by atoms with E-state index in [-0.39, 0.29) is 5.57 Å². The van der Waals surface area contributed by atoms with Gasteiger partial charge in [-0.05, 0) is 19.1 Å². The number of hydrogen-bond acceptors (Lipinski definition) is 3. The van der Waals surface area contributed by atoms with Crippen LogP contribution in [0.4, 0.5) is 0 Å². The largest absolute Gasteiger partial charge is 0.478 e. The van der Waals surface area contributed by atoms with E-state index >= 15 is 0 Å². The van der Waals surface area contributed by atoms with Crippen molar-refractivity contribution < 1.29 is 15.1 Å². The third-order valence-corrected chi connectivity index (χ3v) is 1.49. The number of aromatic nitrogens is 1. The second-order valence-corrected chi connectivity index (χ2v) is 2.89. The minimum atomic E-state index is -0.935. The molecular formula is C9H11NO3S. The standard InChI is InChI=1S/C5H5NOS.C4H6O2/c7-6-4-2-1-3-5(6)8;1-3(2)4(5)6/h1-4,7H;1H2,2H3,(H,5,6). The van der Waals surface area contributed by atoms with Crippen LogP contribution in [0, 0.1) is 4.64 Å². The van der Waals surface area contributed by atoms with Gasteiger partial charge in [0.2, 0.25) is 0 Å². The Morgan fingerprint density at radius 3 is 2.29 bits per heavy atom. The molecule has 0 atom stereocenters. The number of carboxylic acids is 1. The molecule has 1 rings (SSSR count). The first-order valence-electron chi connectivity index (χ1n) is 3.71. The van der Waals surface area contributed by atoms with Crippen LogP contribution in [-0.4, -0.2) is 21.0 Å². The molecule has 1 aromatic rings. The molecular weight excluding hydrogens is 202 g/mol. The number of hydrogen-bond donors (Lipinski definition) is 2. The van der Waals surface area contributed by atoms with Crippen molar-refractivity contribution in [2.45, 2.75) is 6.92 Å². The van der Waals surface area contributed by atoms with Crippen LogP contribution in [0.25, 0.3) is 0 Å². The maximum absolute atomic E-state index is 9.60. The van der Waals surface area contributed by atoms with Crippen LogP contribution in [0.15, 0.2) is 36.5 Å². The van der Waals surface area contributed by atoms with E-state index in [0.29, 0.717) is 4.64 Å². The molecule has 1 heterocycles. The van der Waals surface area contributed by atoms with Crippen LogP contribution in [0.5, 0.6) is 0 Å². The van der Waals surface area contributed by atoms with Crippen molar-refractivity contribution in [2.75, 3.05) is 0 Å². The van der Waals surface area contributed by atoms with E-state index in [9.17, 15) is 4.79 Å². The molecule has 76 valence electrons. The van der Waals surface area contributed by atoms with Gasteiger partial charge < -0.3 is 10.3 Å². The van der Waals surface area contributed by atoms with Gasteiger partial charge in [0.25, 0.3) is 0 Å². The molecule has 0 fully saturated rings. The SMILES string of the molecule is C=C(C)C(=O)O.On1ccccc1=S. The van der Waals surface area contributed by atoms with Crippen LogP contribution in [0.3, 0.4) is 0 Å². The quantitative estimate of drug-likeness (QED) is 0.426. The Hall–Kier alpha value is -1.62. The molecule has 2 N–H and O–H groups in total. The van der Waals surface area contributed by atoms with Gasteiger partial charge in [-0.3, -0.25) is 0 Å². The second kappa shape index (κ2) is 5.93. The van der Waals surface area contributed by atoms with Gasteiger partial charge in [-0.15, -0.1) is 0 Å². The number of pyridine rings is 1. The first kappa shape index (κ1) is 12.4. The Morgan fingerprint density at radius 1 is 1.57 bits per heavy atom. The maximum atomic E-state index is 9.60. The monoisotopic (exact) mass is 213 g/mol. The van der Waals surface area contributed by atoms with Crippen LogP contribution < -0.4 is 0 Å². The van der Waals surface area contributed by atoms with Gasteiger partial charge in [0, 0.05) is 11.8 Å². The Kier molecular flexibility index (Phi) is 5.24. The smallest absolute Gasteiger partial charge is 0.330 e. The number of carboxylic acid groups (broad SMARTS) is 1. The molecule has 0 unspecified atom stereocenters. The van der Waals surface area contributed by atoms with Gasteiger partial charge in [-0.2, -0.15) is 4.73 Å². The average Bonchev–Trinajstić information content (AvgIpc) is 2.11. The predicted octanol–water partition coefficient (Wildman–Crippen LogP) is 2.10. The highest BCUT2D eigenvalue weighted by atomic mass is 32.1. The topological polar surface area (TPSA) is 62.5 Å². The zero-order chi connectivity index (χ0) is 11.1. The lowest BCUT2D eigenvalue weighted by Crippen LogP contribution is -1.92. The molecule has 0 saturated carbocycles. The Balaban J connectivity index is 0.000000255. The van der Waals surface area contributed by atoms with Crippen molar-refractivity contribution in [3.63, 3.8) is 0 Å². The number of rotatable bonds is 1. The van der Waals surface area contributed by atoms with Gasteiger partial charge in [0.15, 0.2) is 0 Å². The van der Waals surface area contributed by atoms with Crippen molar-refractivity contribution in [3.05, 3.63) is 41.2 Å². The lowest BCUT2D eigenvalue weighted by molar-refractivity contribution is -0.132. The van der Waals surface area contributed by atoms with Crippen molar-refractivity contribution in [1.29, 1.82) is 0 Å². The fourth-order valence-corrected chi connectivity index (χ4v) is 0.558. The van der Waals surface area contributed by atoms with Crippen molar-refractivity contribution in [2.24, 2.45) is 0 Å². The summed E-state index contributed by atoms with van der Waals surface area (Å²) < 4.78 is 1.32. The molecule has 0 bridgehead atoms. The summed E-state index contributed by atoms with van der Waals surface area (Å²) in [4.78, 5) is 9.60. The van der Waals surface area contributed by atoms with E-state index in [4.69, 9.17) is 10.3 Å². The molecule has 0 radical (unpaired) electrons. The lowest BCUT2D eigenvalue weighted by atomic mass is 10.4. The summed E-state index contributed by atoms with van der Waals surface area (Å²) in [7, 11) is 0. The molecule has 5 heteroatoms. The third-order valence-electron chi connectivity index (χ3n) is 1.17. The zero-order valence-electron chi connectivity index (χ0n) is 7.67. The van der Waals surface area contributed by atoms with Crippen LogP contribution in [0.1, 0.15) is 6.92 Å². The zero-order valence-corrected chi connectivity index (χ0v) is 8.49. The minimum Gasteiger partial charge on any atom is -0.478 e. The highest BCUT2D eigenvalue weighted by Crippen LogP contribution is 1.86. The van der Waals surface area contributed by atoms with Gasteiger partial charge in [-0.1, -0.05) is 24.9 Å². The first-order valence-corrected chi connectivity index (χ1v) is 4.11. The molecule has 0 aliphatic carbocycles. The average molecular weight is 213 g/mol. The minimum absolute atomic E-state index is 0.176. The molecule has 1 aromatic heterocycles. The second-order valence-electron chi connectivity index (χ2n) is 2.47. The van der Waals surface area contributed by atoms with Crippen molar-refractivity contribution in [3.8, 4) is 0 Å². The first-order chi connectivity index (χ1) is 6.45. The summed E-state index contributed by atoms with van der Waals surface area (Å²) in [6.07, 6.45) is 1.49. The molecule has 0 aromatic carbocycles. The van der Waals surface area contributed by atoms with Crippen LogP contribution >= 0.6 is 12.2 Å². The number of carbonyl (C=O) groups is 1. The summed E-state index contributed by atoms with van der Waals surface area (Å²) in [6, 6.07) is 5.13. The summed E-state index contributed by atoms with van der Waals surface area (Å²) in [5, 5.41) is 16.6. The predicted molar refractivity (Wildman–Crippen MR) is 54.9 cm³/mol. The number of nitrogens with zero attached hydrogens (tertiary/aromatic N) is 1. The fraction of sp³-hybridized carbons (Fsp3) is 0.111. The normalized spacial score (nSPS) is 8.36. The van der Waals surface area contributed by atoms with Gasteiger partial charge in [0.1, 0.15) is 4.64 Å². The number of aliphatic carboxylic acids is 1. The molecule has 0 amide bonds. The van der Waals surface area contributed by atoms with E-state index in [1.54, 1.807) is 18.2 Å². The molecule has 0 aliphatic rings. The van der Waals surface area contributed by atoms with Gasteiger partial charge >= 0.3 is 5.97 Å². The molecule has 14 heavy (non-hydrogen) atoms. The fourth-order valence-electron chi connectivity index (χ4n) is 0.419. The molecule has 0 aliphatic heterocycles. The summed E-state index contributed by atoms with van der Waals surface area (Å²) in [6.45, 7) is 4.60. The Morgan fingerprint density at radius 2 is 2.07 bits per heavy atom. The summed E-state index contributed by atoms with van der Waals surface area (Å²) in [5.74, 6) is -0.935. The summed E-state index contributed by atoms with van der Waals surface area (Å²) >= 11 is 4.67. The van der Waals surface area contributed by atoms with E-state index in [2.05, 4.69) is 18.8 Å². The van der Waals surface area contributed by atoms with Gasteiger partial charge in [0.05, 0.1) is 0 Å². The molecule has 0 spiro atoms. The summed E-state index contributed by atoms with van der Waals surface area (Å²) in [5.41, 5.74) is 0.176. The molecule has 0 saturated heterocycles. The highest BCUT2D eigenvalue weighted by Gasteiger charge is 1.90. The van der Waals surface area contributed by atoms with E-state index in [1.165, 1.54) is 13.1 Å². The lowest BCUT2D eigenvalue weighted by Gasteiger charge is -1.90. The van der Waals surface area contributed by atoms with Crippen molar-refractivity contribution in [1.82, 2.24) is 4.73 Å². The highest BCUT2D eigenvalue weighted by molar-refractivity contribution is 7.71. The van der Waals surface area contributed by atoms with E-state index in [1.807, 2.05) is 0 Å². The maximum Gasteiger partial charge on any atom is 0.330 e. The van der Waals surface area contributed by atoms with Gasteiger partial charge in [-0.25, -0.2) is 4.79 Å². The van der Waals surface area contributed by atoms with Crippen LogP contribution in [-0.2, 0) is 4.79 Å². The molecule has 4 nitrogen and oxygen atoms in total.